The molecule has 0 spiro atoms. The highest BCUT2D eigenvalue weighted by molar-refractivity contribution is 5.93. The van der Waals surface area contributed by atoms with Crippen LogP contribution in [0.2, 0.25) is 0 Å². The number of carbonyl (C=O) groups excluding carboxylic acids is 4. The molecule has 0 amide bonds. The zero-order valence-electron chi connectivity index (χ0n) is 19.7. The molecule has 0 N–H and O–H groups in total. The highest BCUT2D eigenvalue weighted by atomic mass is 16.8. The zero-order chi connectivity index (χ0) is 25.8. The van der Waals surface area contributed by atoms with Gasteiger partial charge in [-0.2, -0.15) is 0 Å². The third-order valence-electron chi connectivity index (χ3n) is 4.61. The van der Waals surface area contributed by atoms with Crippen LogP contribution < -0.4 is 0 Å². The molecular weight excluding hydrogens is 444 g/mol. The van der Waals surface area contributed by atoms with Crippen molar-refractivity contribution in [2.75, 3.05) is 7.11 Å². The van der Waals surface area contributed by atoms with E-state index in [1.807, 2.05) is 0 Å². The zero-order valence-corrected chi connectivity index (χ0v) is 19.7. The molecule has 9 heteroatoms. The molecule has 1 aliphatic rings. The van der Waals surface area contributed by atoms with Crippen LogP contribution in [-0.2, 0) is 43.9 Å². The van der Waals surface area contributed by atoms with Gasteiger partial charge in [0.1, 0.15) is 0 Å². The molecule has 0 radical (unpaired) electrons. The molecule has 1 aromatic rings. The van der Waals surface area contributed by atoms with Gasteiger partial charge in [0.15, 0.2) is 11.5 Å². The molecule has 0 bridgehead atoms. The first-order valence-electron chi connectivity index (χ1n) is 10.1. The third kappa shape index (κ3) is 5.61. The largest absolute Gasteiger partial charge is 0.511 e. The molecule has 1 aromatic carbocycles. The fraction of sp³-hybridized carbons (Fsp3) is 0.280. The number of rotatable bonds is 7. The summed E-state index contributed by atoms with van der Waals surface area (Å²) in [4.78, 5) is 49.6. The van der Waals surface area contributed by atoms with E-state index < -0.39 is 36.3 Å². The summed E-state index contributed by atoms with van der Waals surface area (Å²) < 4.78 is 26.6. The van der Waals surface area contributed by atoms with Gasteiger partial charge in [-0.25, -0.2) is 19.2 Å². The normalized spacial score (nSPS) is 16.5. The summed E-state index contributed by atoms with van der Waals surface area (Å²) in [5.41, 5.74) is 1.19. The van der Waals surface area contributed by atoms with E-state index in [1.54, 1.807) is 25.1 Å². The van der Waals surface area contributed by atoms with Crippen LogP contribution in [-0.4, -0.2) is 31.2 Å². The lowest BCUT2D eigenvalue weighted by atomic mass is 9.87. The molecule has 0 aliphatic heterocycles. The first kappa shape index (κ1) is 26.1. The van der Waals surface area contributed by atoms with Gasteiger partial charge in [-0.05, 0) is 33.8 Å². The molecule has 9 nitrogen and oxygen atoms in total. The number of hydrogen-bond donors (Lipinski definition) is 0. The molecule has 1 atom stereocenters. The minimum Gasteiger partial charge on any atom is -0.438 e. The van der Waals surface area contributed by atoms with Crippen molar-refractivity contribution in [3.8, 4) is 0 Å². The Bertz CT molecular complexity index is 1140. The Morgan fingerprint density at radius 2 is 1.41 bits per heavy atom. The quantitative estimate of drug-likeness (QED) is 0.248. The number of carbonyl (C=O) groups is 4. The number of hydrogen-bond acceptors (Lipinski definition) is 9. The maximum atomic E-state index is 12.6. The van der Waals surface area contributed by atoms with Gasteiger partial charge in [-0.15, -0.1) is 0 Å². The van der Waals surface area contributed by atoms with Crippen molar-refractivity contribution in [3.63, 3.8) is 0 Å². The van der Waals surface area contributed by atoms with Crippen LogP contribution in [0.4, 0.5) is 4.79 Å². The Balaban J connectivity index is 2.85. The monoisotopic (exact) mass is 470 g/mol. The third-order valence-corrected chi connectivity index (χ3v) is 4.61. The second-order valence-corrected chi connectivity index (χ2v) is 7.80. The van der Waals surface area contributed by atoms with Crippen LogP contribution >= 0.6 is 0 Å². The topological polar surface area (TPSA) is 114 Å². The van der Waals surface area contributed by atoms with E-state index in [4.69, 9.17) is 18.9 Å². The summed E-state index contributed by atoms with van der Waals surface area (Å²) in [5, 5.41) is 0. The Morgan fingerprint density at radius 1 is 0.853 bits per heavy atom. The molecule has 0 saturated carbocycles. The van der Waals surface area contributed by atoms with Crippen molar-refractivity contribution in [1.29, 1.82) is 0 Å². The Morgan fingerprint density at radius 3 is 1.94 bits per heavy atom. The summed E-state index contributed by atoms with van der Waals surface area (Å²) in [5.74, 6) is -5.01. The lowest BCUT2D eigenvalue weighted by Crippen LogP contribution is -2.42. The van der Waals surface area contributed by atoms with Gasteiger partial charge in [-0.1, -0.05) is 37.4 Å². The SMILES string of the molecule is C=C(C)C(=O)OC1=C(OC(=O)C(=C)C)c2ccc(C)cc2C(OC(=O)OC)(OC(=O)C(=C)C)C1. The smallest absolute Gasteiger partial charge is 0.438 e. The molecular formula is C25H26O9. The number of esters is 3. The number of fused-ring (bicyclic) bond motifs is 1. The van der Waals surface area contributed by atoms with Crippen molar-refractivity contribution < 1.29 is 42.9 Å². The maximum absolute atomic E-state index is 12.6. The summed E-state index contributed by atoms with van der Waals surface area (Å²) in [6, 6.07) is 4.81. The van der Waals surface area contributed by atoms with Crippen molar-refractivity contribution in [1.82, 2.24) is 0 Å². The van der Waals surface area contributed by atoms with Crippen molar-refractivity contribution in [2.24, 2.45) is 0 Å². The fourth-order valence-electron chi connectivity index (χ4n) is 2.90. The molecule has 0 saturated heterocycles. The highest BCUT2D eigenvalue weighted by Gasteiger charge is 2.50. The van der Waals surface area contributed by atoms with E-state index in [0.29, 0.717) is 5.56 Å². The summed E-state index contributed by atoms with van der Waals surface area (Å²) >= 11 is 0. The summed E-state index contributed by atoms with van der Waals surface area (Å²) in [6.45, 7) is 16.7. The van der Waals surface area contributed by atoms with Gasteiger partial charge in [0.25, 0.3) is 5.79 Å². The second kappa shape index (κ2) is 10.2. The van der Waals surface area contributed by atoms with Gasteiger partial charge in [0.05, 0.1) is 13.5 Å². The summed E-state index contributed by atoms with van der Waals surface area (Å²) in [6.07, 6.45) is -1.69. The summed E-state index contributed by atoms with van der Waals surface area (Å²) in [7, 11) is 1.08. The average Bonchev–Trinajstić information content (AvgIpc) is 2.75. The lowest BCUT2D eigenvalue weighted by molar-refractivity contribution is -0.220. The molecule has 34 heavy (non-hydrogen) atoms. The fourth-order valence-corrected chi connectivity index (χ4v) is 2.90. The standard InChI is InChI=1S/C25H26O9/c1-13(2)21(26)31-19-12-25(34-24(29)30-8,33-23(28)15(5)6)18-11-16(7)9-10-17(18)20(19)32-22(27)14(3)4/h9-11H,1,3,5,12H2,2,4,6-8H3. The molecule has 0 fully saturated rings. The van der Waals surface area contributed by atoms with E-state index in [1.165, 1.54) is 20.8 Å². The van der Waals surface area contributed by atoms with E-state index in [-0.39, 0.29) is 39.4 Å². The molecule has 2 rings (SSSR count). The van der Waals surface area contributed by atoms with E-state index >= 15 is 0 Å². The van der Waals surface area contributed by atoms with Gasteiger partial charge < -0.3 is 23.7 Å². The number of benzene rings is 1. The average molecular weight is 470 g/mol. The minimum absolute atomic E-state index is 0.0195. The predicted molar refractivity (Wildman–Crippen MR) is 121 cm³/mol. The lowest BCUT2D eigenvalue weighted by Gasteiger charge is -2.37. The van der Waals surface area contributed by atoms with Gasteiger partial charge in [0, 0.05) is 27.8 Å². The molecule has 1 aliphatic carbocycles. The Hall–Kier alpha value is -4.14. The van der Waals surface area contributed by atoms with E-state index in [9.17, 15) is 19.2 Å². The van der Waals surface area contributed by atoms with Crippen molar-refractivity contribution in [2.45, 2.75) is 39.9 Å². The second-order valence-electron chi connectivity index (χ2n) is 7.80. The molecule has 180 valence electrons. The van der Waals surface area contributed by atoms with E-state index in [2.05, 4.69) is 24.5 Å². The number of ether oxygens (including phenoxy) is 5. The van der Waals surface area contributed by atoms with Gasteiger partial charge in [-0.3, -0.25) is 0 Å². The van der Waals surface area contributed by atoms with Crippen LogP contribution in [0.15, 0.2) is 60.4 Å². The van der Waals surface area contributed by atoms with Crippen LogP contribution in [0.3, 0.4) is 0 Å². The van der Waals surface area contributed by atoms with Gasteiger partial charge >= 0.3 is 24.1 Å². The van der Waals surface area contributed by atoms with Crippen molar-refractivity contribution >= 4 is 29.8 Å². The van der Waals surface area contributed by atoms with Crippen LogP contribution in [0.25, 0.3) is 5.76 Å². The molecule has 0 heterocycles. The molecule has 1 unspecified atom stereocenters. The van der Waals surface area contributed by atoms with E-state index in [0.717, 1.165) is 7.11 Å². The first-order valence-corrected chi connectivity index (χ1v) is 10.1. The number of methoxy groups -OCH3 is 1. The highest BCUT2D eigenvalue weighted by Crippen LogP contribution is 2.46. The Kier molecular flexibility index (Phi) is 7.84. The maximum Gasteiger partial charge on any atom is 0.511 e. The number of aryl methyl sites for hydroxylation is 1. The predicted octanol–water partition coefficient (Wildman–Crippen LogP) is 4.36. The van der Waals surface area contributed by atoms with Crippen LogP contribution in [0, 0.1) is 6.92 Å². The Labute approximate surface area is 197 Å². The first-order chi connectivity index (χ1) is 15.8. The van der Waals surface area contributed by atoms with Crippen molar-refractivity contribution in [3.05, 3.63) is 77.1 Å². The van der Waals surface area contributed by atoms with Crippen LogP contribution in [0.5, 0.6) is 0 Å². The molecule has 0 aromatic heterocycles. The van der Waals surface area contributed by atoms with Gasteiger partial charge in [0.2, 0.25) is 0 Å². The minimum atomic E-state index is -2.13. The van der Waals surface area contributed by atoms with Crippen LogP contribution in [0.1, 0.15) is 43.9 Å².